The Morgan fingerprint density at radius 3 is 2.43 bits per heavy atom. The quantitative estimate of drug-likeness (QED) is 0.550. The summed E-state index contributed by atoms with van der Waals surface area (Å²) in [7, 11) is 1.67. The van der Waals surface area contributed by atoms with E-state index < -0.39 is 6.10 Å². The molecule has 0 fully saturated rings. The van der Waals surface area contributed by atoms with Crippen LogP contribution in [-0.4, -0.2) is 32.7 Å². The summed E-state index contributed by atoms with van der Waals surface area (Å²) in [5.74, 6) is 0.830. The first-order chi connectivity index (χ1) is 13.5. The highest BCUT2D eigenvalue weighted by atomic mass is 16.5. The van der Waals surface area contributed by atoms with Crippen LogP contribution in [0, 0.1) is 13.8 Å². The van der Waals surface area contributed by atoms with Crippen molar-refractivity contribution in [1.29, 1.82) is 0 Å². The van der Waals surface area contributed by atoms with E-state index in [1.54, 1.807) is 7.11 Å². The molecule has 0 aliphatic heterocycles. The fraction of sp³-hybridized carbons (Fsp3) is 0.261. The van der Waals surface area contributed by atoms with Crippen LogP contribution in [-0.2, 0) is 13.1 Å². The van der Waals surface area contributed by atoms with Crippen LogP contribution >= 0.6 is 0 Å². The molecule has 0 spiro atoms. The van der Waals surface area contributed by atoms with Crippen molar-refractivity contribution in [3.05, 3.63) is 72.1 Å². The minimum Gasteiger partial charge on any atom is -0.497 e. The van der Waals surface area contributed by atoms with E-state index >= 15 is 0 Å². The molecule has 0 aliphatic carbocycles. The van der Waals surface area contributed by atoms with Gasteiger partial charge in [0, 0.05) is 22.3 Å². The molecule has 2 aromatic heterocycles. The van der Waals surface area contributed by atoms with Gasteiger partial charge in [-0.3, -0.25) is 4.68 Å². The van der Waals surface area contributed by atoms with E-state index in [2.05, 4.69) is 40.0 Å². The zero-order chi connectivity index (χ0) is 19.7. The first kappa shape index (κ1) is 18.3. The van der Waals surface area contributed by atoms with E-state index in [4.69, 9.17) is 4.74 Å². The van der Waals surface area contributed by atoms with Gasteiger partial charge in [-0.1, -0.05) is 18.2 Å². The minimum absolute atomic E-state index is 0.467. The maximum atomic E-state index is 10.8. The third kappa shape index (κ3) is 3.53. The van der Waals surface area contributed by atoms with Crippen molar-refractivity contribution in [2.75, 3.05) is 7.11 Å². The van der Waals surface area contributed by atoms with Gasteiger partial charge in [-0.2, -0.15) is 5.10 Å². The molecule has 2 heterocycles. The number of benzene rings is 2. The Balaban J connectivity index is 1.69. The number of methoxy groups -OCH3 is 1. The van der Waals surface area contributed by atoms with Crippen molar-refractivity contribution in [2.45, 2.75) is 33.0 Å². The number of aliphatic hydroxyl groups excluding tert-OH is 1. The van der Waals surface area contributed by atoms with Gasteiger partial charge in [0.25, 0.3) is 0 Å². The highest BCUT2D eigenvalue weighted by Crippen LogP contribution is 2.30. The second-order valence-electron chi connectivity index (χ2n) is 7.19. The molecule has 144 valence electrons. The molecule has 4 rings (SSSR count). The van der Waals surface area contributed by atoms with Gasteiger partial charge in [-0.25, -0.2) is 0 Å². The summed E-state index contributed by atoms with van der Waals surface area (Å²) >= 11 is 0. The number of fused-ring (bicyclic) bond motifs is 1. The van der Waals surface area contributed by atoms with Gasteiger partial charge in [0.05, 0.1) is 32.0 Å². The summed E-state index contributed by atoms with van der Waals surface area (Å²) < 4.78 is 9.34. The van der Waals surface area contributed by atoms with Crippen molar-refractivity contribution in [1.82, 2.24) is 14.3 Å². The van der Waals surface area contributed by atoms with Gasteiger partial charge in [0.15, 0.2) is 0 Å². The maximum absolute atomic E-state index is 10.8. The number of rotatable bonds is 6. The number of aryl methyl sites for hydroxylation is 2. The lowest BCUT2D eigenvalue weighted by Crippen LogP contribution is -2.23. The van der Waals surface area contributed by atoms with Crippen LogP contribution in [0.1, 0.15) is 11.4 Å². The fourth-order valence-electron chi connectivity index (χ4n) is 3.74. The first-order valence-corrected chi connectivity index (χ1v) is 9.47. The summed E-state index contributed by atoms with van der Waals surface area (Å²) in [5.41, 5.74) is 5.31. The van der Waals surface area contributed by atoms with Gasteiger partial charge in [-0.05, 0) is 61.9 Å². The number of hydrogen-bond acceptors (Lipinski definition) is 3. The molecule has 0 saturated carbocycles. The van der Waals surface area contributed by atoms with Crippen molar-refractivity contribution < 1.29 is 9.84 Å². The molecule has 1 N–H and O–H groups in total. The van der Waals surface area contributed by atoms with Crippen molar-refractivity contribution in [3.63, 3.8) is 0 Å². The first-order valence-electron chi connectivity index (χ1n) is 9.47. The Bertz CT molecular complexity index is 1090. The lowest BCUT2D eigenvalue weighted by atomic mass is 10.1. The average molecular weight is 375 g/mol. The lowest BCUT2D eigenvalue weighted by molar-refractivity contribution is 0.131. The zero-order valence-electron chi connectivity index (χ0n) is 16.5. The predicted molar refractivity (Wildman–Crippen MR) is 112 cm³/mol. The molecule has 0 aliphatic rings. The van der Waals surface area contributed by atoms with Crippen LogP contribution in [0.2, 0.25) is 0 Å². The molecule has 0 bridgehead atoms. The molecule has 1 atom stereocenters. The van der Waals surface area contributed by atoms with Crippen LogP contribution in [0.15, 0.2) is 60.7 Å². The molecule has 5 heteroatoms. The Labute approximate surface area is 164 Å². The smallest absolute Gasteiger partial charge is 0.118 e. The molecule has 4 aromatic rings. The van der Waals surface area contributed by atoms with Crippen LogP contribution in [0.4, 0.5) is 0 Å². The lowest BCUT2D eigenvalue weighted by Gasteiger charge is -2.17. The van der Waals surface area contributed by atoms with Crippen molar-refractivity contribution >= 4 is 10.9 Å². The van der Waals surface area contributed by atoms with Gasteiger partial charge >= 0.3 is 0 Å². The van der Waals surface area contributed by atoms with E-state index in [9.17, 15) is 5.11 Å². The summed E-state index contributed by atoms with van der Waals surface area (Å²) in [6, 6.07) is 20.5. The Morgan fingerprint density at radius 1 is 1.00 bits per heavy atom. The van der Waals surface area contributed by atoms with E-state index in [1.807, 2.05) is 48.9 Å². The average Bonchev–Trinajstić information content (AvgIpc) is 3.21. The Morgan fingerprint density at radius 2 is 1.75 bits per heavy atom. The maximum Gasteiger partial charge on any atom is 0.118 e. The molecule has 0 radical (unpaired) electrons. The number of hydrogen-bond donors (Lipinski definition) is 1. The molecule has 0 saturated heterocycles. The summed E-state index contributed by atoms with van der Waals surface area (Å²) in [6.07, 6.45) is -0.550. The Kier molecular flexibility index (Phi) is 4.92. The Hall–Kier alpha value is -3.05. The second kappa shape index (κ2) is 7.52. The van der Waals surface area contributed by atoms with E-state index in [0.717, 1.165) is 39.3 Å². The highest BCUT2D eigenvalue weighted by molar-refractivity contribution is 5.87. The van der Waals surface area contributed by atoms with Crippen molar-refractivity contribution in [2.24, 2.45) is 0 Å². The molecule has 2 aromatic carbocycles. The third-order valence-corrected chi connectivity index (χ3v) is 5.08. The van der Waals surface area contributed by atoms with Crippen LogP contribution < -0.4 is 4.74 Å². The van der Waals surface area contributed by atoms with Crippen LogP contribution in [0.5, 0.6) is 5.75 Å². The topological polar surface area (TPSA) is 52.2 Å². The van der Waals surface area contributed by atoms with Gasteiger partial charge in [0.2, 0.25) is 0 Å². The number of nitrogens with zero attached hydrogens (tertiary/aromatic N) is 3. The molecular weight excluding hydrogens is 350 g/mol. The monoisotopic (exact) mass is 375 g/mol. The SMILES string of the molecule is COc1ccc(-c2cc3ccccc3n2C[C@@H](O)Cn2nc(C)cc2C)cc1. The zero-order valence-corrected chi connectivity index (χ0v) is 16.5. The predicted octanol–water partition coefficient (Wildman–Crippen LogP) is 4.19. The van der Waals surface area contributed by atoms with E-state index in [1.165, 1.54) is 0 Å². The molecule has 5 nitrogen and oxygen atoms in total. The molecule has 0 amide bonds. The standard InChI is InChI=1S/C23H25N3O2/c1-16-12-17(2)26(24-16)15-20(27)14-25-22-7-5-4-6-19(22)13-23(25)18-8-10-21(28-3)11-9-18/h4-13,20,27H,14-15H2,1-3H3/t20-/m1/s1. The van der Waals surface area contributed by atoms with Crippen LogP contribution in [0.25, 0.3) is 22.2 Å². The number of para-hydroxylation sites is 1. The number of ether oxygens (including phenoxy) is 1. The summed E-state index contributed by atoms with van der Waals surface area (Å²) in [6.45, 7) is 4.94. The van der Waals surface area contributed by atoms with E-state index in [0.29, 0.717) is 13.1 Å². The number of aromatic nitrogens is 3. The highest BCUT2D eigenvalue weighted by Gasteiger charge is 2.15. The third-order valence-electron chi connectivity index (χ3n) is 5.08. The summed E-state index contributed by atoms with van der Waals surface area (Å²) in [4.78, 5) is 0. The fourth-order valence-corrected chi connectivity index (χ4v) is 3.74. The van der Waals surface area contributed by atoms with Gasteiger partial charge in [-0.15, -0.1) is 0 Å². The van der Waals surface area contributed by atoms with Crippen molar-refractivity contribution in [3.8, 4) is 17.0 Å². The molecule has 0 unspecified atom stereocenters. The van der Waals surface area contributed by atoms with Gasteiger partial charge < -0.3 is 14.4 Å². The summed E-state index contributed by atoms with van der Waals surface area (Å²) in [5, 5.41) is 16.5. The van der Waals surface area contributed by atoms with Crippen LogP contribution in [0.3, 0.4) is 0 Å². The van der Waals surface area contributed by atoms with E-state index in [-0.39, 0.29) is 0 Å². The largest absolute Gasteiger partial charge is 0.497 e. The second-order valence-corrected chi connectivity index (χ2v) is 7.19. The number of aliphatic hydroxyl groups is 1. The minimum atomic E-state index is -0.550. The molecule has 28 heavy (non-hydrogen) atoms. The van der Waals surface area contributed by atoms with Gasteiger partial charge in [0.1, 0.15) is 5.75 Å². The normalized spacial score (nSPS) is 12.4. The molecular formula is C23H25N3O2.